The predicted molar refractivity (Wildman–Crippen MR) is 78.3 cm³/mol. The summed E-state index contributed by atoms with van der Waals surface area (Å²) in [5.41, 5.74) is -0.382. The zero-order valence-electron chi connectivity index (χ0n) is 12.4. The van der Waals surface area contributed by atoms with Crippen molar-refractivity contribution in [3.05, 3.63) is 65.2 Å². The molecule has 0 aliphatic rings. The van der Waals surface area contributed by atoms with Crippen molar-refractivity contribution in [1.82, 2.24) is 4.90 Å². The van der Waals surface area contributed by atoms with Gasteiger partial charge in [0.05, 0.1) is 12.2 Å². The van der Waals surface area contributed by atoms with Crippen LogP contribution in [-0.4, -0.2) is 30.3 Å². The highest BCUT2D eigenvalue weighted by atomic mass is 19.2. The first kappa shape index (κ1) is 17.5. The lowest BCUT2D eigenvalue weighted by molar-refractivity contribution is -0.116. The van der Waals surface area contributed by atoms with E-state index >= 15 is 0 Å². The number of halogens is 4. The van der Waals surface area contributed by atoms with Gasteiger partial charge in [0.15, 0.2) is 17.5 Å². The third kappa shape index (κ3) is 3.89. The molecule has 0 aliphatic carbocycles. The second-order valence-electron chi connectivity index (χ2n) is 4.94. The van der Waals surface area contributed by atoms with Gasteiger partial charge in [-0.15, -0.1) is 0 Å². The molecular formula is C16H12F4N2O2. The topological polar surface area (TPSA) is 49.4 Å². The lowest BCUT2D eigenvalue weighted by Gasteiger charge is -2.17. The quantitative estimate of drug-likeness (QED) is 0.687. The summed E-state index contributed by atoms with van der Waals surface area (Å²) in [5, 5.41) is 2.05. The number of carbonyl (C=O) groups excluding carboxylic acids is 2. The van der Waals surface area contributed by atoms with Gasteiger partial charge in [0.25, 0.3) is 5.91 Å². The maximum Gasteiger partial charge on any atom is 0.254 e. The minimum Gasteiger partial charge on any atom is -0.332 e. The van der Waals surface area contributed by atoms with Gasteiger partial charge in [-0.25, -0.2) is 17.6 Å². The van der Waals surface area contributed by atoms with Crippen molar-refractivity contribution in [2.45, 2.75) is 0 Å². The van der Waals surface area contributed by atoms with Crippen LogP contribution >= 0.6 is 0 Å². The van der Waals surface area contributed by atoms with Gasteiger partial charge >= 0.3 is 0 Å². The van der Waals surface area contributed by atoms with E-state index in [-0.39, 0.29) is 5.56 Å². The first-order chi connectivity index (χ1) is 11.3. The van der Waals surface area contributed by atoms with Gasteiger partial charge in [-0.1, -0.05) is 0 Å². The molecule has 0 saturated heterocycles. The van der Waals surface area contributed by atoms with E-state index < -0.39 is 47.3 Å². The highest BCUT2D eigenvalue weighted by Crippen LogP contribution is 2.19. The summed E-state index contributed by atoms with van der Waals surface area (Å²) >= 11 is 0. The lowest BCUT2D eigenvalue weighted by atomic mass is 10.2. The fourth-order valence-corrected chi connectivity index (χ4v) is 1.91. The van der Waals surface area contributed by atoms with Crippen molar-refractivity contribution in [2.24, 2.45) is 0 Å². The average molecular weight is 340 g/mol. The van der Waals surface area contributed by atoms with Crippen LogP contribution in [0.2, 0.25) is 0 Å². The molecule has 0 aliphatic heterocycles. The number of rotatable bonds is 4. The number of amides is 2. The Balaban J connectivity index is 2.03. The predicted octanol–water partition coefficient (Wildman–Crippen LogP) is 2.95. The molecule has 0 bridgehead atoms. The van der Waals surface area contributed by atoms with Crippen LogP contribution in [-0.2, 0) is 4.79 Å². The molecule has 0 fully saturated rings. The van der Waals surface area contributed by atoms with Crippen molar-refractivity contribution in [3.8, 4) is 0 Å². The smallest absolute Gasteiger partial charge is 0.254 e. The average Bonchev–Trinajstić information content (AvgIpc) is 2.55. The molecule has 2 rings (SSSR count). The van der Waals surface area contributed by atoms with Crippen molar-refractivity contribution in [2.75, 3.05) is 18.9 Å². The Labute approximate surface area is 134 Å². The molecule has 8 heteroatoms. The number of likely N-dealkylation sites (N-methyl/N-ethyl adjacent to an activating group) is 1. The summed E-state index contributed by atoms with van der Waals surface area (Å²) in [6.45, 7) is -0.464. The molecule has 24 heavy (non-hydrogen) atoms. The zero-order chi connectivity index (χ0) is 17.9. The molecule has 2 amide bonds. The number of hydrogen-bond acceptors (Lipinski definition) is 2. The number of hydrogen-bond donors (Lipinski definition) is 1. The monoisotopic (exact) mass is 340 g/mol. The Hall–Kier alpha value is -2.90. The van der Waals surface area contributed by atoms with Gasteiger partial charge in [0.2, 0.25) is 5.91 Å². The summed E-state index contributed by atoms with van der Waals surface area (Å²) in [6.07, 6.45) is 0. The number of anilines is 1. The van der Waals surface area contributed by atoms with Gasteiger partial charge in [-0.2, -0.15) is 0 Å². The Morgan fingerprint density at radius 2 is 1.58 bits per heavy atom. The van der Waals surface area contributed by atoms with Crippen molar-refractivity contribution >= 4 is 17.5 Å². The summed E-state index contributed by atoms with van der Waals surface area (Å²) < 4.78 is 52.2. The van der Waals surface area contributed by atoms with Crippen LogP contribution in [0.5, 0.6) is 0 Å². The van der Waals surface area contributed by atoms with Crippen LogP contribution in [0.15, 0.2) is 36.4 Å². The van der Waals surface area contributed by atoms with Crippen LogP contribution in [0.1, 0.15) is 10.4 Å². The van der Waals surface area contributed by atoms with E-state index in [0.717, 1.165) is 23.1 Å². The minimum absolute atomic E-state index is 0.158. The van der Waals surface area contributed by atoms with Crippen LogP contribution in [0.4, 0.5) is 23.2 Å². The van der Waals surface area contributed by atoms with E-state index in [1.807, 2.05) is 0 Å². The van der Waals surface area contributed by atoms with Gasteiger partial charge < -0.3 is 10.2 Å². The molecule has 0 heterocycles. The van der Waals surface area contributed by atoms with E-state index in [2.05, 4.69) is 5.32 Å². The summed E-state index contributed by atoms with van der Waals surface area (Å²) in [4.78, 5) is 24.9. The molecule has 0 aromatic heterocycles. The fourth-order valence-electron chi connectivity index (χ4n) is 1.91. The van der Waals surface area contributed by atoms with Crippen molar-refractivity contribution < 1.29 is 27.2 Å². The maximum absolute atomic E-state index is 13.5. The Kier molecular flexibility index (Phi) is 5.18. The number of carbonyl (C=O) groups is 2. The molecule has 0 radical (unpaired) electrons. The molecule has 0 atom stereocenters. The first-order valence-corrected chi connectivity index (χ1v) is 6.74. The Morgan fingerprint density at radius 3 is 2.21 bits per heavy atom. The highest BCUT2D eigenvalue weighted by molar-refractivity contribution is 5.99. The highest BCUT2D eigenvalue weighted by Gasteiger charge is 2.18. The number of nitrogens with one attached hydrogen (secondary N) is 1. The number of nitrogens with zero attached hydrogens (tertiary/aromatic N) is 1. The van der Waals surface area contributed by atoms with Crippen LogP contribution in [0, 0.1) is 23.3 Å². The van der Waals surface area contributed by atoms with Crippen molar-refractivity contribution in [1.29, 1.82) is 0 Å². The maximum atomic E-state index is 13.5. The van der Waals surface area contributed by atoms with E-state index in [0.29, 0.717) is 6.07 Å². The largest absolute Gasteiger partial charge is 0.332 e. The molecule has 126 valence electrons. The molecule has 4 nitrogen and oxygen atoms in total. The second-order valence-corrected chi connectivity index (χ2v) is 4.94. The molecular weight excluding hydrogens is 328 g/mol. The number of benzene rings is 2. The van der Waals surface area contributed by atoms with Gasteiger partial charge in [-0.05, 0) is 36.4 Å². The van der Waals surface area contributed by atoms with E-state index in [4.69, 9.17) is 0 Å². The molecule has 0 spiro atoms. The third-order valence-corrected chi connectivity index (χ3v) is 3.13. The molecule has 2 aromatic rings. The Morgan fingerprint density at radius 1 is 0.958 bits per heavy atom. The molecule has 0 unspecified atom stereocenters. The molecule has 0 saturated carbocycles. The summed E-state index contributed by atoms with van der Waals surface area (Å²) in [6, 6.07) is 6.23. The fraction of sp³-hybridized carbons (Fsp3) is 0.125. The van der Waals surface area contributed by atoms with Gasteiger partial charge in [-0.3, -0.25) is 9.59 Å². The summed E-state index contributed by atoms with van der Waals surface area (Å²) in [5.74, 6) is -6.50. The van der Waals surface area contributed by atoms with Crippen LogP contribution < -0.4 is 5.32 Å². The normalized spacial score (nSPS) is 10.4. The van der Waals surface area contributed by atoms with Crippen LogP contribution in [0.3, 0.4) is 0 Å². The standard InChI is InChI=1S/C16H12F4N2O2/c1-22(16(24)9-2-4-10(17)5-3-9)8-13(23)21-12-7-6-11(18)14(19)15(12)20/h2-7H,8H2,1H3,(H,21,23). The second kappa shape index (κ2) is 7.12. The van der Waals surface area contributed by atoms with Gasteiger partial charge in [0.1, 0.15) is 5.82 Å². The molecule has 2 aromatic carbocycles. The van der Waals surface area contributed by atoms with Gasteiger partial charge in [0, 0.05) is 12.6 Å². The zero-order valence-corrected chi connectivity index (χ0v) is 12.4. The molecule has 1 N–H and O–H groups in total. The third-order valence-electron chi connectivity index (χ3n) is 3.13. The lowest BCUT2D eigenvalue weighted by Crippen LogP contribution is -2.35. The SMILES string of the molecule is CN(CC(=O)Nc1ccc(F)c(F)c1F)C(=O)c1ccc(F)cc1. The first-order valence-electron chi connectivity index (χ1n) is 6.74. The minimum atomic E-state index is -1.71. The summed E-state index contributed by atoms with van der Waals surface area (Å²) in [7, 11) is 1.31. The Bertz CT molecular complexity index is 778. The van der Waals surface area contributed by atoms with Crippen LogP contribution in [0.25, 0.3) is 0 Å². The van der Waals surface area contributed by atoms with E-state index in [1.165, 1.54) is 19.2 Å². The van der Waals surface area contributed by atoms with E-state index in [1.54, 1.807) is 0 Å². The van der Waals surface area contributed by atoms with E-state index in [9.17, 15) is 27.2 Å². The van der Waals surface area contributed by atoms with Crippen molar-refractivity contribution in [3.63, 3.8) is 0 Å².